The molecule has 0 aliphatic heterocycles. The molecule has 138 valence electrons. The number of benzene rings is 2. The van der Waals surface area contributed by atoms with Crippen LogP contribution >= 0.6 is 0 Å². The van der Waals surface area contributed by atoms with Crippen LogP contribution in [-0.2, 0) is 9.53 Å². The van der Waals surface area contributed by atoms with E-state index in [1.165, 1.54) is 11.8 Å². The number of fused-ring (bicyclic) bond motifs is 1. The van der Waals surface area contributed by atoms with Crippen LogP contribution in [0.5, 0.6) is 0 Å². The van der Waals surface area contributed by atoms with Crippen LogP contribution in [0.3, 0.4) is 0 Å². The zero-order chi connectivity index (χ0) is 19.6. The highest BCUT2D eigenvalue weighted by molar-refractivity contribution is 5.98. The summed E-state index contributed by atoms with van der Waals surface area (Å²) in [6.45, 7) is 3.33. The van der Waals surface area contributed by atoms with E-state index >= 15 is 0 Å². The maximum Gasteiger partial charge on any atom is 0.375 e. The first-order valence-electron chi connectivity index (χ1n) is 8.45. The second kappa shape index (κ2) is 7.45. The SMILES string of the molecule is Cc1ccc2oc(C(=O)O[C@H](C)C(=O)N(C)c3ccccc3)cc(=O)c2c1. The van der Waals surface area contributed by atoms with E-state index < -0.39 is 18.0 Å². The predicted octanol–water partition coefficient (Wildman–Crippen LogP) is 3.31. The summed E-state index contributed by atoms with van der Waals surface area (Å²) in [4.78, 5) is 38.5. The second-order valence-corrected chi connectivity index (χ2v) is 6.25. The number of rotatable bonds is 4. The molecule has 0 N–H and O–H groups in total. The fraction of sp³-hybridized carbons (Fsp3) is 0.190. The molecule has 1 heterocycles. The summed E-state index contributed by atoms with van der Waals surface area (Å²) in [5.41, 5.74) is 1.54. The normalized spacial score (nSPS) is 11.8. The third kappa shape index (κ3) is 3.89. The Bertz CT molecular complexity index is 1060. The van der Waals surface area contributed by atoms with E-state index in [1.807, 2.05) is 13.0 Å². The summed E-state index contributed by atoms with van der Waals surface area (Å²) < 4.78 is 10.7. The molecule has 1 atom stereocenters. The van der Waals surface area contributed by atoms with Crippen molar-refractivity contribution in [2.45, 2.75) is 20.0 Å². The van der Waals surface area contributed by atoms with Gasteiger partial charge in [0.15, 0.2) is 11.5 Å². The first-order chi connectivity index (χ1) is 12.9. The van der Waals surface area contributed by atoms with Crippen LogP contribution in [0.15, 0.2) is 63.8 Å². The van der Waals surface area contributed by atoms with Crippen LogP contribution < -0.4 is 10.3 Å². The van der Waals surface area contributed by atoms with Crippen molar-refractivity contribution in [2.75, 3.05) is 11.9 Å². The van der Waals surface area contributed by atoms with Crippen molar-refractivity contribution in [1.29, 1.82) is 0 Å². The highest BCUT2D eigenvalue weighted by atomic mass is 16.6. The summed E-state index contributed by atoms with van der Waals surface area (Å²) >= 11 is 0. The molecule has 0 fully saturated rings. The fourth-order valence-corrected chi connectivity index (χ4v) is 2.69. The van der Waals surface area contributed by atoms with Gasteiger partial charge in [-0.25, -0.2) is 4.79 Å². The Kier molecular flexibility index (Phi) is 5.07. The van der Waals surface area contributed by atoms with Crippen LogP contribution in [-0.4, -0.2) is 25.0 Å². The van der Waals surface area contributed by atoms with E-state index in [0.29, 0.717) is 16.7 Å². The summed E-state index contributed by atoms with van der Waals surface area (Å²) in [6, 6.07) is 15.2. The van der Waals surface area contributed by atoms with Gasteiger partial charge in [0.05, 0.1) is 5.39 Å². The number of hydrogen-bond acceptors (Lipinski definition) is 5. The van der Waals surface area contributed by atoms with E-state index in [1.54, 1.807) is 49.5 Å². The number of amides is 1. The Labute approximate surface area is 156 Å². The number of aryl methyl sites for hydroxylation is 1. The van der Waals surface area contributed by atoms with Crippen molar-refractivity contribution in [1.82, 2.24) is 0 Å². The molecule has 1 amide bonds. The van der Waals surface area contributed by atoms with Gasteiger partial charge in [0.25, 0.3) is 5.91 Å². The molecule has 0 aliphatic rings. The monoisotopic (exact) mass is 365 g/mol. The standard InChI is InChI=1S/C21H19NO5/c1-13-9-10-18-16(11-13)17(23)12-19(27-18)21(25)26-14(2)20(24)22(3)15-7-5-4-6-8-15/h4-12,14H,1-3H3/t14-/m1/s1. The van der Waals surface area contributed by atoms with Crippen molar-refractivity contribution < 1.29 is 18.7 Å². The molecular weight excluding hydrogens is 346 g/mol. The average Bonchev–Trinajstić information content (AvgIpc) is 2.67. The molecule has 1 aromatic heterocycles. The minimum atomic E-state index is -1.04. The molecule has 0 bridgehead atoms. The number of carbonyl (C=O) groups excluding carboxylic acids is 2. The summed E-state index contributed by atoms with van der Waals surface area (Å²) in [7, 11) is 1.60. The number of para-hydroxylation sites is 1. The zero-order valence-corrected chi connectivity index (χ0v) is 15.3. The minimum absolute atomic E-state index is 0.238. The van der Waals surface area contributed by atoms with Crippen molar-refractivity contribution in [3.8, 4) is 0 Å². The summed E-state index contributed by atoms with van der Waals surface area (Å²) in [5, 5.41) is 0.388. The molecule has 6 nitrogen and oxygen atoms in total. The lowest BCUT2D eigenvalue weighted by Crippen LogP contribution is -2.37. The molecule has 0 unspecified atom stereocenters. The molecule has 6 heteroatoms. The molecule has 0 aliphatic carbocycles. The predicted molar refractivity (Wildman–Crippen MR) is 102 cm³/mol. The Morgan fingerprint density at radius 2 is 1.78 bits per heavy atom. The fourth-order valence-electron chi connectivity index (χ4n) is 2.69. The average molecular weight is 365 g/mol. The van der Waals surface area contributed by atoms with Crippen LogP contribution in [0.4, 0.5) is 5.69 Å². The van der Waals surface area contributed by atoms with Crippen LogP contribution in [0.2, 0.25) is 0 Å². The van der Waals surface area contributed by atoms with Gasteiger partial charge in [-0.15, -0.1) is 0 Å². The minimum Gasteiger partial charge on any atom is -0.449 e. The van der Waals surface area contributed by atoms with E-state index in [2.05, 4.69) is 0 Å². The van der Waals surface area contributed by atoms with Gasteiger partial charge in [-0.05, 0) is 38.1 Å². The number of ether oxygens (including phenoxy) is 1. The van der Waals surface area contributed by atoms with E-state index in [-0.39, 0.29) is 11.2 Å². The number of likely N-dealkylation sites (N-methyl/N-ethyl adjacent to an activating group) is 1. The molecule has 0 spiro atoms. The Balaban J connectivity index is 1.78. The van der Waals surface area contributed by atoms with Crippen molar-refractivity contribution in [2.24, 2.45) is 0 Å². The third-order valence-electron chi connectivity index (χ3n) is 4.19. The summed E-state index contributed by atoms with van der Waals surface area (Å²) in [6.07, 6.45) is -1.04. The Morgan fingerprint density at radius 1 is 1.07 bits per heavy atom. The lowest BCUT2D eigenvalue weighted by Gasteiger charge is -2.21. The summed E-state index contributed by atoms with van der Waals surface area (Å²) in [5.74, 6) is -1.50. The molecular formula is C21H19NO5. The first kappa shape index (κ1) is 18.4. The largest absolute Gasteiger partial charge is 0.449 e. The van der Waals surface area contributed by atoms with Crippen molar-refractivity contribution >= 4 is 28.5 Å². The number of nitrogens with zero attached hydrogens (tertiary/aromatic N) is 1. The number of hydrogen-bond donors (Lipinski definition) is 0. The highest BCUT2D eigenvalue weighted by Crippen LogP contribution is 2.17. The smallest absolute Gasteiger partial charge is 0.375 e. The molecule has 2 aromatic carbocycles. The molecule has 3 aromatic rings. The molecule has 0 saturated heterocycles. The molecule has 0 radical (unpaired) electrons. The van der Waals surface area contributed by atoms with Gasteiger partial charge in [0, 0.05) is 18.8 Å². The van der Waals surface area contributed by atoms with Gasteiger partial charge in [-0.1, -0.05) is 29.8 Å². The second-order valence-electron chi connectivity index (χ2n) is 6.25. The Morgan fingerprint density at radius 3 is 2.48 bits per heavy atom. The quantitative estimate of drug-likeness (QED) is 0.663. The molecule has 27 heavy (non-hydrogen) atoms. The highest BCUT2D eigenvalue weighted by Gasteiger charge is 2.24. The molecule has 0 saturated carbocycles. The van der Waals surface area contributed by atoms with E-state index in [4.69, 9.17) is 9.15 Å². The Hall–Kier alpha value is -3.41. The maximum atomic E-state index is 12.5. The number of anilines is 1. The van der Waals surface area contributed by atoms with Gasteiger partial charge in [-0.3, -0.25) is 9.59 Å². The van der Waals surface area contributed by atoms with Crippen LogP contribution in [0, 0.1) is 6.92 Å². The number of carbonyl (C=O) groups is 2. The van der Waals surface area contributed by atoms with Crippen molar-refractivity contribution in [3.63, 3.8) is 0 Å². The van der Waals surface area contributed by atoms with Crippen LogP contribution in [0.25, 0.3) is 11.0 Å². The maximum absolute atomic E-state index is 12.5. The molecule has 3 rings (SSSR count). The van der Waals surface area contributed by atoms with E-state index in [9.17, 15) is 14.4 Å². The van der Waals surface area contributed by atoms with Crippen LogP contribution in [0.1, 0.15) is 23.0 Å². The van der Waals surface area contributed by atoms with E-state index in [0.717, 1.165) is 11.6 Å². The third-order valence-corrected chi connectivity index (χ3v) is 4.19. The number of esters is 1. The van der Waals surface area contributed by atoms with Gasteiger partial charge in [0.1, 0.15) is 5.58 Å². The van der Waals surface area contributed by atoms with Crippen molar-refractivity contribution in [3.05, 3.63) is 76.1 Å². The topological polar surface area (TPSA) is 76.8 Å². The zero-order valence-electron chi connectivity index (χ0n) is 15.3. The van der Waals surface area contributed by atoms with Gasteiger partial charge in [-0.2, -0.15) is 0 Å². The van der Waals surface area contributed by atoms with Gasteiger partial charge >= 0.3 is 5.97 Å². The van der Waals surface area contributed by atoms with Gasteiger partial charge in [0.2, 0.25) is 5.76 Å². The van der Waals surface area contributed by atoms with Gasteiger partial charge < -0.3 is 14.1 Å². The lowest BCUT2D eigenvalue weighted by molar-refractivity contribution is -0.126. The lowest BCUT2D eigenvalue weighted by atomic mass is 10.1. The first-order valence-corrected chi connectivity index (χ1v) is 8.45.